The number of anilines is 1. The Hall–Kier alpha value is -4.13. The number of hydrogen-bond donors (Lipinski definition) is 4. The van der Waals surface area contributed by atoms with E-state index in [1.165, 1.54) is 0 Å². The van der Waals surface area contributed by atoms with Crippen LogP contribution in [0.3, 0.4) is 0 Å². The average molecular weight is 420 g/mol. The summed E-state index contributed by atoms with van der Waals surface area (Å²) in [6.45, 7) is -0.0377. The molecule has 0 fully saturated rings. The van der Waals surface area contributed by atoms with E-state index >= 15 is 0 Å². The molecular weight excluding hydrogens is 396 g/mol. The zero-order chi connectivity index (χ0) is 22.5. The third-order valence-electron chi connectivity index (χ3n) is 4.14. The molecule has 7 heteroatoms. The standard InChI is InChI=1S/C16H15NO3.C8H9NO2/c18-15(13-9-5-2-6-10-13)17-14(16(19)20)11-12-7-3-1-4-8-12;10-8(11)6-9-7-4-2-1-3-5-7/h1-10,14H,11H2,(H,17,18)(H,19,20);1-5,9H,6H2,(H,10,11)/t14-;/m0./s1. The summed E-state index contributed by atoms with van der Waals surface area (Å²) >= 11 is 0. The number of nitrogens with one attached hydrogen (secondary N) is 2. The lowest BCUT2D eigenvalue weighted by Crippen LogP contribution is -2.42. The van der Waals surface area contributed by atoms with Crippen LogP contribution in [0, 0.1) is 0 Å². The van der Waals surface area contributed by atoms with Crippen LogP contribution in [0.25, 0.3) is 0 Å². The third kappa shape index (κ3) is 8.82. The molecule has 0 unspecified atom stereocenters. The molecule has 0 saturated carbocycles. The van der Waals surface area contributed by atoms with Crippen molar-refractivity contribution in [2.45, 2.75) is 12.5 Å². The number of benzene rings is 3. The minimum atomic E-state index is -1.04. The second-order valence-electron chi connectivity index (χ2n) is 6.53. The van der Waals surface area contributed by atoms with Gasteiger partial charge < -0.3 is 20.8 Å². The summed E-state index contributed by atoms with van der Waals surface area (Å²) in [7, 11) is 0. The molecule has 0 heterocycles. The molecule has 0 radical (unpaired) electrons. The molecule has 31 heavy (non-hydrogen) atoms. The quantitative estimate of drug-likeness (QED) is 0.444. The van der Waals surface area contributed by atoms with Crippen molar-refractivity contribution in [2.24, 2.45) is 0 Å². The molecule has 0 aromatic heterocycles. The number of amides is 1. The predicted molar refractivity (Wildman–Crippen MR) is 118 cm³/mol. The number of para-hydroxylation sites is 1. The maximum Gasteiger partial charge on any atom is 0.326 e. The number of hydrogen-bond acceptors (Lipinski definition) is 4. The van der Waals surface area contributed by atoms with Gasteiger partial charge in [0.15, 0.2) is 0 Å². The molecule has 7 nitrogen and oxygen atoms in total. The fourth-order valence-corrected chi connectivity index (χ4v) is 2.61. The molecule has 160 valence electrons. The summed E-state index contributed by atoms with van der Waals surface area (Å²) in [5.74, 6) is -2.28. The van der Waals surface area contributed by atoms with E-state index in [9.17, 15) is 19.5 Å². The Bertz CT molecular complexity index is 963. The summed E-state index contributed by atoms with van der Waals surface area (Å²) in [6.07, 6.45) is 0.259. The Morgan fingerprint density at radius 1 is 0.742 bits per heavy atom. The first-order valence-electron chi connectivity index (χ1n) is 9.59. The summed E-state index contributed by atoms with van der Waals surface area (Å²) in [5.41, 5.74) is 2.15. The van der Waals surface area contributed by atoms with Crippen molar-refractivity contribution in [3.8, 4) is 0 Å². The van der Waals surface area contributed by atoms with Gasteiger partial charge in [0, 0.05) is 17.7 Å². The van der Waals surface area contributed by atoms with Gasteiger partial charge in [-0.25, -0.2) is 4.79 Å². The van der Waals surface area contributed by atoms with E-state index in [4.69, 9.17) is 5.11 Å². The highest BCUT2D eigenvalue weighted by molar-refractivity contribution is 5.96. The van der Waals surface area contributed by atoms with Gasteiger partial charge in [-0.3, -0.25) is 9.59 Å². The fraction of sp³-hybridized carbons (Fsp3) is 0.125. The van der Waals surface area contributed by atoms with Gasteiger partial charge in [0.2, 0.25) is 0 Å². The van der Waals surface area contributed by atoms with Gasteiger partial charge in [-0.2, -0.15) is 0 Å². The number of carbonyl (C=O) groups excluding carboxylic acids is 1. The monoisotopic (exact) mass is 420 g/mol. The normalized spacial score (nSPS) is 10.7. The summed E-state index contributed by atoms with van der Waals surface area (Å²) < 4.78 is 0. The maximum atomic E-state index is 12.0. The van der Waals surface area contributed by atoms with E-state index in [0.717, 1.165) is 11.3 Å². The Morgan fingerprint density at radius 2 is 1.26 bits per heavy atom. The maximum absolute atomic E-state index is 12.0. The number of carboxylic acid groups (broad SMARTS) is 2. The first kappa shape index (κ1) is 23.2. The summed E-state index contributed by atoms with van der Waals surface area (Å²) in [5, 5.41) is 22.8. The predicted octanol–water partition coefficient (Wildman–Crippen LogP) is 3.30. The van der Waals surface area contributed by atoms with Gasteiger partial charge in [-0.1, -0.05) is 66.7 Å². The fourth-order valence-electron chi connectivity index (χ4n) is 2.61. The molecule has 1 atom stereocenters. The third-order valence-corrected chi connectivity index (χ3v) is 4.14. The highest BCUT2D eigenvalue weighted by atomic mass is 16.4. The van der Waals surface area contributed by atoms with Crippen LogP contribution < -0.4 is 10.6 Å². The molecule has 3 rings (SSSR count). The van der Waals surface area contributed by atoms with Gasteiger partial charge in [0.25, 0.3) is 5.91 Å². The van der Waals surface area contributed by atoms with Gasteiger partial charge in [0.1, 0.15) is 12.6 Å². The second-order valence-corrected chi connectivity index (χ2v) is 6.53. The lowest BCUT2D eigenvalue weighted by molar-refractivity contribution is -0.139. The first-order chi connectivity index (χ1) is 15.0. The SMILES string of the molecule is O=C(N[C@@H](Cc1ccccc1)C(=O)O)c1ccccc1.O=C(O)CNc1ccccc1. The molecule has 4 N–H and O–H groups in total. The highest BCUT2D eigenvalue weighted by Gasteiger charge is 2.20. The topological polar surface area (TPSA) is 116 Å². The van der Waals surface area contributed by atoms with Gasteiger partial charge in [-0.05, 0) is 29.8 Å². The molecular formula is C24H24N2O5. The van der Waals surface area contributed by atoms with Crippen LogP contribution in [0.5, 0.6) is 0 Å². The van der Waals surface area contributed by atoms with Crippen LogP contribution >= 0.6 is 0 Å². The average Bonchev–Trinajstić information content (AvgIpc) is 2.79. The Labute approximate surface area is 180 Å². The molecule has 0 spiro atoms. The van der Waals surface area contributed by atoms with Gasteiger partial charge in [-0.15, -0.1) is 0 Å². The zero-order valence-corrected chi connectivity index (χ0v) is 16.8. The molecule has 0 aliphatic rings. The van der Waals surface area contributed by atoms with E-state index in [1.807, 2.05) is 60.7 Å². The van der Waals surface area contributed by atoms with Gasteiger partial charge >= 0.3 is 11.9 Å². The van der Waals surface area contributed by atoms with Crippen LogP contribution in [-0.2, 0) is 16.0 Å². The van der Waals surface area contributed by atoms with Crippen molar-refractivity contribution in [3.05, 3.63) is 102 Å². The van der Waals surface area contributed by atoms with Crippen molar-refractivity contribution in [2.75, 3.05) is 11.9 Å². The van der Waals surface area contributed by atoms with Crippen molar-refractivity contribution < 1.29 is 24.6 Å². The Balaban J connectivity index is 0.000000262. The van der Waals surface area contributed by atoms with Crippen molar-refractivity contribution >= 4 is 23.5 Å². The molecule has 1 amide bonds. The van der Waals surface area contributed by atoms with Crippen LogP contribution in [0.15, 0.2) is 91.0 Å². The highest BCUT2D eigenvalue weighted by Crippen LogP contribution is 2.06. The summed E-state index contributed by atoms with van der Waals surface area (Å²) in [6, 6.07) is 26.1. The van der Waals surface area contributed by atoms with Crippen molar-refractivity contribution in [1.29, 1.82) is 0 Å². The van der Waals surface area contributed by atoms with E-state index in [1.54, 1.807) is 30.3 Å². The zero-order valence-electron chi connectivity index (χ0n) is 16.8. The van der Waals surface area contributed by atoms with Crippen LogP contribution in [0.1, 0.15) is 15.9 Å². The minimum absolute atomic E-state index is 0.0377. The molecule has 0 aliphatic carbocycles. The second kappa shape index (κ2) is 12.4. The van der Waals surface area contributed by atoms with Crippen LogP contribution in [0.2, 0.25) is 0 Å². The Morgan fingerprint density at radius 3 is 1.77 bits per heavy atom. The molecule has 0 saturated heterocycles. The molecule has 0 bridgehead atoms. The van der Waals surface area contributed by atoms with Crippen LogP contribution in [0.4, 0.5) is 5.69 Å². The first-order valence-corrected chi connectivity index (χ1v) is 9.59. The smallest absolute Gasteiger partial charge is 0.326 e. The summed E-state index contributed by atoms with van der Waals surface area (Å²) in [4.78, 5) is 33.3. The van der Waals surface area contributed by atoms with E-state index < -0.39 is 18.0 Å². The van der Waals surface area contributed by atoms with Crippen LogP contribution in [-0.4, -0.2) is 40.6 Å². The van der Waals surface area contributed by atoms with Crippen molar-refractivity contribution in [1.82, 2.24) is 5.32 Å². The Kier molecular flexibility index (Phi) is 9.29. The lowest BCUT2D eigenvalue weighted by Gasteiger charge is -2.14. The molecule has 0 aliphatic heterocycles. The number of aliphatic carboxylic acids is 2. The number of carbonyl (C=O) groups is 3. The molecule has 3 aromatic carbocycles. The minimum Gasteiger partial charge on any atom is -0.480 e. The van der Waals surface area contributed by atoms with Gasteiger partial charge in [0.05, 0.1) is 0 Å². The van der Waals surface area contributed by atoms with E-state index in [2.05, 4.69) is 10.6 Å². The van der Waals surface area contributed by atoms with E-state index in [0.29, 0.717) is 5.56 Å². The lowest BCUT2D eigenvalue weighted by atomic mass is 10.1. The number of rotatable bonds is 8. The van der Waals surface area contributed by atoms with E-state index in [-0.39, 0.29) is 18.9 Å². The largest absolute Gasteiger partial charge is 0.480 e. The number of carboxylic acids is 2. The van der Waals surface area contributed by atoms with Crippen molar-refractivity contribution in [3.63, 3.8) is 0 Å². The molecule has 3 aromatic rings.